The normalized spacial score (nSPS) is 21.0. The maximum absolute atomic E-state index is 2.51. The molecule has 1 atom stereocenters. The van der Waals surface area contributed by atoms with Crippen LogP contribution in [0.15, 0.2) is 0 Å². The molecule has 0 aliphatic heterocycles. The van der Waals surface area contributed by atoms with Crippen molar-refractivity contribution in [1.29, 1.82) is 0 Å². The first-order valence-electron chi connectivity index (χ1n) is 4.27. The molecule has 1 radical (unpaired) electrons. The molecule has 0 aromatic heterocycles. The van der Waals surface area contributed by atoms with Gasteiger partial charge in [-0.2, -0.15) is 0 Å². The highest BCUT2D eigenvalue weighted by Crippen LogP contribution is 2.27. The molecule has 1 fully saturated rings. The zero-order valence-electron chi connectivity index (χ0n) is 6.40. The van der Waals surface area contributed by atoms with Crippen molar-refractivity contribution in [2.45, 2.75) is 45.4 Å². The summed E-state index contributed by atoms with van der Waals surface area (Å²) < 4.78 is 0. The van der Waals surface area contributed by atoms with Crippen LogP contribution in [0, 0.1) is 12.3 Å². The molecule has 0 N–H and O–H groups in total. The van der Waals surface area contributed by atoms with Crippen LogP contribution in [0.4, 0.5) is 0 Å². The Morgan fingerprint density at radius 3 is 3.00 bits per heavy atom. The first kappa shape index (κ1) is 7.11. The second kappa shape index (κ2) is 3.92. The van der Waals surface area contributed by atoms with Crippen LogP contribution in [0.3, 0.4) is 0 Å². The van der Waals surface area contributed by atoms with Gasteiger partial charge in [0, 0.05) is 0 Å². The van der Waals surface area contributed by atoms with Crippen molar-refractivity contribution in [3.05, 3.63) is 6.42 Å². The molecule has 0 spiro atoms. The SMILES string of the molecule is CCCCC1[CH]CCC1. The van der Waals surface area contributed by atoms with Gasteiger partial charge in [-0.15, -0.1) is 0 Å². The first-order valence-corrected chi connectivity index (χ1v) is 4.27. The van der Waals surface area contributed by atoms with Crippen molar-refractivity contribution in [3.63, 3.8) is 0 Å². The van der Waals surface area contributed by atoms with Crippen molar-refractivity contribution in [1.82, 2.24) is 0 Å². The highest BCUT2D eigenvalue weighted by atomic mass is 14.2. The predicted octanol–water partition coefficient (Wildman–Crippen LogP) is 3.18. The van der Waals surface area contributed by atoms with Crippen molar-refractivity contribution in [3.8, 4) is 0 Å². The van der Waals surface area contributed by atoms with E-state index in [4.69, 9.17) is 0 Å². The number of hydrogen-bond donors (Lipinski definition) is 0. The van der Waals surface area contributed by atoms with Gasteiger partial charge >= 0.3 is 0 Å². The summed E-state index contributed by atoms with van der Waals surface area (Å²) in [7, 11) is 0. The zero-order chi connectivity index (χ0) is 6.53. The van der Waals surface area contributed by atoms with Crippen LogP contribution < -0.4 is 0 Å². The Morgan fingerprint density at radius 1 is 1.56 bits per heavy atom. The predicted molar refractivity (Wildman–Crippen MR) is 41.2 cm³/mol. The highest BCUT2D eigenvalue weighted by molar-refractivity contribution is 4.82. The fourth-order valence-electron chi connectivity index (χ4n) is 1.58. The summed E-state index contributed by atoms with van der Waals surface area (Å²) in [6.45, 7) is 2.27. The molecule has 1 rings (SSSR count). The summed E-state index contributed by atoms with van der Waals surface area (Å²) in [5.74, 6) is 0.991. The van der Waals surface area contributed by atoms with E-state index < -0.39 is 0 Å². The van der Waals surface area contributed by atoms with Gasteiger partial charge in [-0.25, -0.2) is 0 Å². The molecule has 1 aliphatic rings. The number of unbranched alkanes of at least 4 members (excludes halogenated alkanes) is 1. The van der Waals surface area contributed by atoms with Crippen LogP contribution in [-0.2, 0) is 0 Å². The largest absolute Gasteiger partial charge is 0.0654 e. The Hall–Kier alpha value is 0. The van der Waals surface area contributed by atoms with E-state index in [1.54, 1.807) is 0 Å². The molecular formula is C9H17. The lowest BCUT2D eigenvalue weighted by Crippen LogP contribution is -1.91. The minimum atomic E-state index is 0.991. The van der Waals surface area contributed by atoms with Crippen molar-refractivity contribution < 1.29 is 0 Å². The second-order valence-electron chi connectivity index (χ2n) is 3.07. The monoisotopic (exact) mass is 125 g/mol. The third-order valence-corrected chi connectivity index (χ3v) is 2.21. The lowest BCUT2D eigenvalue weighted by molar-refractivity contribution is 0.537. The molecule has 9 heavy (non-hydrogen) atoms. The average molecular weight is 125 g/mol. The lowest BCUT2D eigenvalue weighted by atomic mass is 10.0. The van der Waals surface area contributed by atoms with E-state index in [-0.39, 0.29) is 0 Å². The van der Waals surface area contributed by atoms with Gasteiger partial charge in [-0.1, -0.05) is 39.0 Å². The molecule has 1 saturated carbocycles. The van der Waals surface area contributed by atoms with E-state index in [1.165, 1.54) is 38.5 Å². The maximum atomic E-state index is 2.51. The third-order valence-electron chi connectivity index (χ3n) is 2.21. The minimum Gasteiger partial charge on any atom is -0.0654 e. The van der Waals surface area contributed by atoms with Crippen molar-refractivity contribution >= 4 is 0 Å². The summed E-state index contributed by atoms with van der Waals surface area (Å²) in [5.41, 5.74) is 0. The van der Waals surface area contributed by atoms with Crippen LogP contribution >= 0.6 is 0 Å². The molecule has 0 bridgehead atoms. The fourth-order valence-corrected chi connectivity index (χ4v) is 1.58. The van der Waals surface area contributed by atoms with Gasteiger partial charge < -0.3 is 0 Å². The van der Waals surface area contributed by atoms with Crippen molar-refractivity contribution in [2.24, 2.45) is 5.92 Å². The lowest BCUT2D eigenvalue weighted by Gasteiger charge is -2.04. The Labute approximate surface area is 58.7 Å². The Morgan fingerprint density at radius 2 is 2.44 bits per heavy atom. The molecular weight excluding hydrogens is 108 g/mol. The van der Waals surface area contributed by atoms with Crippen LogP contribution in [0.1, 0.15) is 45.4 Å². The molecule has 0 saturated heterocycles. The molecule has 0 heteroatoms. The standard InChI is InChI=1S/C9H17/c1-2-3-6-9-7-4-5-8-9/h7,9H,2-6,8H2,1H3. The maximum Gasteiger partial charge on any atom is -0.0355 e. The quantitative estimate of drug-likeness (QED) is 0.543. The fraction of sp³-hybridized carbons (Fsp3) is 0.889. The van der Waals surface area contributed by atoms with Crippen LogP contribution in [-0.4, -0.2) is 0 Å². The van der Waals surface area contributed by atoms with E-state index in [0.29, 0.717) is 0 Å². The van der Waals surface area contributed by atoms with E-state index in [9.17, 15) is 0 Å². The minimum absolute atomic E-state index is 0.991. The molecule has 0 aromatic carbocycles. The van der Waals surface area contributed by atoms with E-state index >= 15 is 0 Å². The molecule has 53 valence electrons. The summed E-state index contributed by atoms with van der Waals surface area (Å²) >= 11 is 0. The van der Waals surface area contributed by atoms with Gasteiger partial charge in [0.1, 0.15) is 0 Å². The Kier molecular flexibility index (Phi) is 3.10. The van der Waals surface area contributed by atoms with Gasteiger partial charge in [-0.3, -0.25) is 0 Å². The van der Waals surface area contributed by atoms with Gasteiger partial charge in [0.2, 0.25) is 0 Å². The Bertz CT molecular complexity index is 60.4. The van der Waals surface area contributed by atoms with Gasteiger partial charge in [0.25, 0.3) is 0 Å². The molecule has 0 nitrogen and oxygen atoms in total. The molecule has 1 unspecified atom stereocenters. The average Bonchev–Trinajstić information content (AvgIpc) is 2.34. The third kappa shape index (κ3) is 2.38. The summed E-state index contributed by atoms with van der Waals surface area (Å²) in [6.07, 6.45) is 11.1. The van der Waals surface area contributed by atoms with E-state index in [0.717, 1.165) is 5.92 Å². The van der Waals surface area contributed by atoms with E-state index in [1.807, 2.05) is 0 Å². The van der Waals surface area contributed by atoms with Gasteiger partial charge in [0.05, 0.1) is 0 Å². The highest BCUT2D eigenvalue weighted by Gasteiger charge is 2.13. The topological polar surface area (TPSA) is 0 Å². The van der Waals surface area contributed by atoms with E-state index in [2.05, 4.69) is 13.3 Å². The number of rotatable bonds is 3. The van der Waals surface area contributed by atoms with Crippen LogP contribution in [0.5, 0.6) is 0 Å². The van der Waals surface area contributed by atoms with Crippen LogP contribution in [0.2, 0.25) is 0 Å². The molecule has 0 heterocycles. The second-order valence-corrected chi connectivity index (χ2v) is 3.07. The zero-order valence-corrected chi connectivity index (χ0v) is 6.40. The first-order chi connectivity index (χ1) is 4.43. The Balaban J connectivity index is 1.98. The summed E-state index contributed by atoms with van der Waals surface area (Å²) in [6, 6.07) is 0. The van der Waals surface area contributed by atoms with Crippen LogP contribution in [0.25, 0.3) is 0 Å². The summed E-state index contributed by atoms with van der Waals surface area (Å²) in [5, 5.41) is 0. The summed E-state index contributed by atoms with van der Waals surface area (Å²) in [4.78, 5) is 0. The molecule has 0 amide bonds. The van der Waals surface area contributed by atoms with Crippen molar-refractivity contribution in [2.75, 3.05) is 0 Å². The van der Waals surface area contributed by atoms with Gasteiger partial charge in [0.15, 0.2) is 0 Å². The molecule has 1 aliphatic carbocycles. The number of hydrogen-bond acceptors (Lipinski definition) is 0. The van der Waals surface area contributed by atoms with Gasteiger partial charge in [-0.05, 0) is 18.8 Å². The smallest absolute Gasteiger partial charge is 0.0355 e. The molecule has 0 aromatic rings.